The first-order valence-corrected chi connectivity index (χ1v) is 5.09. The molecule has 0 saturated heterocycles. The fourth-order valence-corrected chi connectivity index (χ4v) is 1.63. The molecule has 0 heterocycles. The Labute approximate surface area is 90.6 Å². The van der Waals surface area contributed by atoms with Crippen molar-refractivity contribution in [3.05, 3.63) is 28.0 Å². The average molecular weight is 260 g/mol. The van der Waals surface area contributed by atoms with Gasteiger partial charge in [-0.05, 0) is 40.0 Å². The van der Waals surface area contributed by atoms with Crippen molar-refractivity contribution in [3.63, 3.8) is 0 Å². The molecule has 1 aromatic rings. The summed E-state index contributed by atoms with van der Waals surface area (Å²) in [5.41, 5.74) is 1.10. The van der Waals surface area contributed by atoms with Crippen molar-refractivity contribution in [1.29, 1.82) is 0 Å². The zero-order valence-electron chi connectivity index (χ0n) is 8.03. The van der Waals surface area contributed by atoms with Crippen molar-refractivity contribution in [2.24, 2.45) is 0 Å². The maximum atomic E-state index is 13.3. The van der Waals surface area contributed by atoms with Crippen LogP contribution < -0.4 is 5.32 Å². The van der Waals surface area contributed by atoms with Gasteiger partial charge in [0.15, 0.2) is 0 Å². The Bertz CT molecular complexity index is 365. The minimum absolute atomic E-state index is 0.214. The highest BCUT2D eigenvalue weighted by atomic mass is 79.9. The van der Waals surface area contributed by atoms with E-state index >= 15 is 0 Å². The lowest BCUT2D eigenvalue weighted by atomic mass is 10.1. The number of halogens is 2. The van der Waals surface area contributed by atoms with E-state index in [1.165, 1.54) is 13.0 Å². The molecular formula is C10H11BrFNO. The van der Waals surface area contributed by atoms with Gasteiger partial charge in [0.05, 0.1) is 5.69 Å². The molecule has 0 radical (unpaired) electrons. The number of carbonyl (C=O) groups excluding carboxylic acids is 1. The van der Waals surface area contributed by atoms with Gasteiger partial charge in [-0.15, -0.1) is 0 Å². The first-order valence-electron chi connectivity index (χ1n) is 4.30. The average Bonchev–Trinajstić information content (AvgIpc) is 2.10. The van der Waals surface area contributed by atoms with Crippen molar-refractivity contribution in [2.75, 3.05) is 5.32 Å². The van der Waals surface area contributed by atoms with E-state index in [9.17, 15) is 9.18 Å². The van der Waals surface area contributed by atoms with Gasteiger partial charge in [-0.2, -0.15) is 0 Å². The Morgan fingerprint density at radius 3 is 2.71 bits per heavy atom. The molecule has 0 fully saturated rings. The second kappa shape index (κ2) is 4.55. The topological polar surface area (TPSA) is 29.1 Å². The molecule has 0 aliphatic carbocycles. The van der Waals surface area contributed by atoms with Gasteiger partial charge in [0, 0.05) is 11.4 Å². The molecule has 14 heavy (non-hydrogen) atoms. The molecule has 1 amide bonds. The Morgan fingerprint density at radius 2 is 2.21 bits per heavy atom. The van der Waals surface area contributed by atoms with E-state index in [1.807, 2.05) is 6.92 Å². The number of anilines is 1. The van der Waals surface area contributed by atoms with Crippen LogP contribution in [0.15, 0.2) is 16.6 Å². The van der Waals surface area contributed by atoms with Gasteiger partial charge in [-0.3, -0.25) is 4.79 Å². The normalized spacial score (nSPS) is 10.0. The highest BCUT2D eigenvalue weighted by Gasteiger charge is 2.07. The van der Waals surface area contributed by atoms with Crippen LogP contribution in [0.3, 0.4) is 0 Å². The van der Waals surface area contributed by atoms with Crippen LogP contribution in [0.5, 0.6) is 0 Å². The zero-order chi connectivity index (χ0) is 10.7. The lowest BCUT2D eigenvalue weighted by Gasteiger charge is -2.07. The Morgan fingerprint density at radius 1 is 1.57 bits per heavy atom. The van der Waals surface area contributed by atoms with Gasteiger partial charge in [0.25, 0.3) is 0 Å². The smallest absolute Gasteiger partial charge is 0.221 e. The molecule has 0 saturated carbocycles. The van der Waals surface area contributed by atoms with Crippen molar-refractivity contribution < 1.29 is 9.18 Å². The maximum Gasteiger partial charge on any atom is 0.221 e. The fraction of sp³-hybridized carbons (Fsp3) is 0.300. The molecule has 76 valence electrons. The summed E-state index contributed by atoms with van der Waals surface area (Å²) in [5, 5.41) is 2.54. The van der Waals surface area contributed by atoms with E-state index < -0.39 is 0 Å². The molecule has 1 aromatic carbocycles. The first kappa shape index (κ1) is 11.2. The number of nitrogens with one attached hydrogen (secondary N) is 1. The van der Waals surface area contributed by atoms with E-state index in [-0.39, 0.29) is 11.7 Å². The van der Waals surface area contributed by atoms with Gasteiger partial charge in [0.1, 0.15) is 5.82 Å². The molecule has 0 aromatic heterocycles. The van der Waals surface area contributed by atoms with Crippen LogP contribution in [0, 0.1) is 5.82 Å². The minimum Gasteiger partial charge on any atom is -0.325 e. The monoisotopic (exact) mass is 259 g/mol. The van der Waals surface area contributed by atoms with Crippen LogP contribution in [0.4, 0.5) is 10.1 Å². The summed E-state index contributed by atoms with van der Waals surface area (Å²) in [5.74, 6) is -0.506. The minimum atomic E-state index is -0.292. The predicted octanol–water partition coefficient (Wildman–Crippen LogP) is 3.11. The third-order valence-electron chi connectivity index (χ3n) is 1.83. The Kier molecular flexibility index (Phi) is 3.63. The van der Waals surface area contributed by atoms with Crippen molar-refractivity contribution in [3.8, 4) is 0 Å². The number of rotatable bonds is 2. The van der Waals surface area contributed by atoms with Crippen LogP contribution in [-0.2, 0) is 11.2 Å². The molecule has 0 bridgehead atoms. The number of carbonyl (C=O) groups is 1. The highest BCUT2D eigenvalue weighted by Crippen LogP contribution is 2.26. The first-order chi connectivity index (χ1) is 6.54. The number of hydrogen-bond acceptors (Lipinski definition) is 1. The molecule has 0 aliphatic rings. The van der Waals surface area contributed by atoms with E-state index in [2.05, 4.69) is 21.2 Å². The highest BCUT2D eigenvalue weighted by molar-refractivity contribution is 9.10. The van der Waals surface area contributed by atoms with Crippen LogP contribution >= 0.6 is 15.9 Å². The molecular weight excluding hydrogens is 249 g/mol. The lowest BCUT2D eigenvalue weighted by Crippen LogP contribution is -2.07. The molecule has 1 N–H and O–H groups in total. The van der Waals surface area contributed by atoms with Gasteiger partial charge in [-0.25, -0.2) is 4.39 Å². The van der Waals surface area contributed by atoms with Crippen molar-refractivity contribution in [2.45, 2.75) is 20.3 Å². The van der Waals surface area contributed by atoms with Gasteiger partial charge < -0.3 is 5.32 Å². The molecule has 0 atom stereocenters. The quantitative estimate of drug-likeness (QED) is 0.869. The molecule has 0 aliphatic heterocycles. The summed E-state index contributed by atoms with van der Waals surface area (Å²) in [7, 11) is 0. The predicted molar refractivity (Wildman–Crippen MR) is 57.8 cm³/mol. The molecule has 1 rings (SSSR count). The summed E-state index contributed by atoms with van der Waals surface area (Å²) in [4.78, 5) is 10.8. The summed E-state index contributed by atoms with van der Waals surface area (Å²) >= 11 is 3.27. The standard InChI is InChI=1S/C10H11BrFNO/c1-3-7-4-8(11)10(5-9(7)12)13-6(2)14/h4-5H,3H2,1-2H3,(H,13,14). The van der Waals surface area contributed by atoms with Gasteiger partial charge in [0.2, 0.25) is 5.91 Å². The number of hydrogen-bond donors (Lipinski definition) is 1. The van der Waals surface area contributed by atoms with Crippen molar-refractivity contribution >= 4 is 27.5 Å². The number of benzene rings is 1. The van der Waals surface area contributed by atoms with Crippen LogP contribution in [0.1, 0.15) is 19.4 Å². The second-order valence-corrected chi connectivity index (χ2v) is 3.81. The number of aryl methyl sites for hydroxylation is 1. The van der Waals surface area contributed by atoms with E-state index in [0.717, 1.165) is 0 Å². The van der Waals surface area contributed by atoms with E-state index in [0.29, 0.717) is 22.1 Å². The summed E-state index contributed by atoms with van der Waals surface area (Å²) in [6.07, 6.45) is 0.630. The maximum absolute atomic E-state index is 13.3. The molecule has 4 heteroatoms. The molecule has 0 unspecified atom stereocenters. The summed E-state index contributed by atoms with van der Waals surface area (Å²) < 4.78 is 14.0. The zero-order valence-corrected chi connectivity index (χ0v) is 9.61. The second-order valence-electron chi connectivity index (χ2n) is 2.96. The van der Waals surface area contributed by atoms with E-state index in [4.69, 9.17) is 0 Å². The van der Waals surface area contributed by atoms with Crippen LogP contribution in [0.25, 0.3) is 0 Å². The summed E-state index contributed by atoms with van der Waals surface area (Å²) in [6, 6.07) is 3.00. The van der Waals surface area contributed by atoms with Crippen molar-refractivity contribution in [1.82, 2.24) is 0 Å². The summed E-state index contributed by atoms with van der Waals surface area (Å²) in [6.45, 7) is 3.26. The van der Waals surface area contributed by atoms with Crippen LogP contribution in [0.2, 0.25) is 0 Å². The third kappa shape index (κ3) is 2.54. The van der Waals surface area contributed by atoms with Crippen LogP contribution in [-0.4, -0.2) is 5.91 Å². The molecule has 2 nitrogen and oxygen atoms in total. The lowest BCUT2D eigenvalue weighted by molar-refractivity contribution is -0.114. The SMILES string of the molecule is CCc1cc(Br)c(NC(C)=O)cc1F. The Balaban J connectivity index is 3.08. The largest absolute Gasteiger partial charge is 0.325 e. The fourth-order valence-electron chi connectivity index (χ4n) is 1.14. The van der Waals surface area contributed by atoms with Gasteiger partial charge >= 0.3 is 0 Å². The van der Waals surface area contributed by atoms with E-state index in [1.54, 1.807) is 6.07 Å². The Hall–Kier alpha value is -0.900. The third-order valence-corrected chi connectivity index (χ3v) is 2.48. The number of amides is 1. The molecule has 0 spiro atoms. The van der Waals surface area contributed by atoms with Gasteiger partial charge in [-0.1, -0.05) is 6.92 Å².